The van der Waals surface area contributed by atoms with Crippen molar-refractivity contribution in [3.63, 3.8) is 0 Å². The summed E-state index contributed by atoms with van der Waals surface area (Å²) in [4.78, 5) is 21.2. The third kappa shape index (κ3) is 5.56. The number of carboxylic acids is 1. The van der Waals surface area contributed by atoms with Gasteiger partial charge < -0.3 is 15.7 Å². The number of carbonyl (C=O) groups is 2. The van der Waals surface area contributed by atoms with E-state index in [1.807, 2.05) is 0 Å². The Hall–Kier alpha value is -1.70. The third-order valence-corrected chi connectivity index (χ3v) is 1.23. The van der Waals surface area contributed by atoms with Crippen LogP contribution in [0.2, 0.25) is 0 Å². The lowest BCUT2D eigenvalue weighted by Crippen LogP contribution is -2.44. The molecule has 0 unspecified atom stereocenters. The van der Waals surface area contributed by atoms with E-state index in [1.165, 1.54) is 6.92 Å². The van der Waals surface area contributed by atoms with E-state index in [9.17, 15) is 9.59 Å². The largest absolute Gasteiger partial charge is 0.480 e. The van der Waals surface area contributed by atoms with Gasteiger partial charge in [-0.1, -0.05) is 5.92 Å². The standard InChI is InChI=1S/C8H12N2O3/c1-3-4-5-9-8(13)10-6(2)7(11)12/h6H,5H2,1-2H3,(H,11,12)(H2,9,10,13)/t6-/m1/s1. The van der Waals surface area contributed by atoms with E-state index in [1.54, 1.807) is 6.92 Å². The average Bonchev–Trinajstić information content (AvgIpc) is 2.04. The van der Waals surface area contributed by atoms with Gasteiger partial charge in [0.25, 0.3) is 0 Å². The predicted octanol–water partition coefficient (Wildman–Crippen LogP) is -0.218. The van der Waals surface area contributed by atoms with Crippen molar-refractivity contribution in [2.75, 3.05) is 6.54 Å². The molecule has 5 heteroatoms. The summed E-state index contributed by atoms with van der Waals surface area (Å²) in [5.74, 6) is 4.13. The number of rotatable bonds is 3. The van der Waals surface area contributed by atoms with Crippen molar-refractivity contribution in [3.05, 3.63) is 0 Å². The van der Waals surface area contributed by atoms with E-state index in [2.05, 4.69) is 22.5 Å². The number of aliphatic carboxylic acids is 1. The highest BCUT2D eigenvalue weighted by molar-refractivity contribution is 5.82. The highest BCUT2D eigenvalue weighted by Crippen LogP contribution is 1.79. The molecule has 0 aliphatic rings. The van der Waals surface area contributed by atoms with Gasteiger partial charge in [-0.25, -0.2) is 4.79 Å². The fraction of sp³-hybridized carbons (Fsp3) is 0.500. The van der Waals surface area contributed by atoms with Gasteiger partial charge in [-0.2, -0.15) is 0 Å². The minimum Gasteiger partial charge on any atom is -0.480 e. The molecule has 72 valence electrons. The molecule has 2 amide bonds. The Morgan fingerprint density at radius 2 is 2.15 bits per heavy atom. The van der Waals surface area contributed by atoms with Crippen molar-refractivity contribution in [2.45, 2.75) is 19.9 Å². The summed E-state index contributed by atoms with van der Waals surface area (Å²) in [5, 5.41) is 13.0. The number of urea groups is 1. The van der Waals surface area contributed by atoms with Gasteiger partial charge in [0.2, 0.25) is 0 Å². The molecule has 0 aromatic carbocycles. The third-order valence-electron chi connectivity index (χ3n) is 1.23. The van der Waals surface area contributed by atoms with E-state index in [0.29, 0.717) is 0 Å². The molecule has 0 aliphatic carbocycles. The van der Waals surface area contributed by atoms with Crippen LogP contribution in [0.25, 0.3) is 0 Å². The Bertz CT molecular complexity index is 252. The first kappa shape index (κ1) is 11.3. The quantitative estimate of drug-likeness (QED) is 0.531. The number of carboxylic acid groups (broad SMARTS) is 1. The average molecular weight is 184 g/mol. The van der Waals surface area contributed by atoms with E-state index >= 15 is 0 Å². The molecule has 0 heterocycles. The van der Waals surface area contributed by atoms with E-state index in [-0.39, 0.29) is 6.54 Å². The van der Waals surface area contributed by atoms with Crippen LogP contribution >= 0.6 is 0 Å². The SMILES string of the molecule is CC#CCNC(=O)N[C@H](C)C(=O)O. The first-order chi connectivity index (χ1) is 6.07. The first-order valence-corrected chi connectivity index (χ1v) is 3.74. The second-order valence-electron chi connectivity index (χ2n) is 2.31. The molecule has 0 radical (unpaired) electrons. The summed E-state index contributed by atoms with van der Waals surface area (Å²) >= 11 is 0. The van der Waals surface area contributed by atoms with Crippen LogP contribution in [-0.4, -0.2) is 29.7 Å². The molecule has 0 rings (SSSR count). The number of carbonyl (C=O) groups excluding carboxylic acids is 1. The van der Waals surface area contributed by atoms with Gasteiger partial charge in [-0.15, -0.1) is 5.92 Å². The van der Waals surface area contributed by atoms with Gasteiger partial charge >= 0.3 is 12.0 Å². The fourth-order valence-corrected chi connectivity index (χ4v) is 0.522. The van der Waals surface area contributed by atoms with Crippen LogP contribution in [0.5, 0.6) is 0 Å². The van der Waals surface area contributed by atoms with Gasteiger partial charge in [0.1, 0.15) is 6.04 Å². The van der Waals surface area contributed by atoms with E-state index in [4.69, 9.17) is 5.11 Å². The van der Waals surface area contributed by atoms with Crippen molar-refractivity contribution < 1.29 is 14.7 Å². The van der Waals surface area contributed by atoms with Crippen LogP contribution in [0.4, 0.5) is 4.79 Å². The van der Waals surface area contributed by atoms with Gasteiger partial charge in [-0.3, -0.25) is 4.79 Å². The van der Waals surface area contributed by atoms with Crippen LogP contribution in [0.3, 0.4) is 0 Å². The summed E-state index contributed by atoms with van der Waals surface area (Å²) < 4.78 is 0. The van der Waals surface area contributed by atoms with Crippen LogP contribution in [0, 0.1) is 11.8 Å². The lowest BCUT2D eigenvalue weighted by molar-refractivity contribution is -0.138. The van der Waals surface area contributed by atoms with Gasteiger partial charge in [0.15, 0.2) is 0 Å². The predicted molar refractivity (Wildman–Crippen MR) is 47.1 cm³/mol. The summed E-state index contributed by atoms with van der Waals surface area (Å²) in [6.45, 7) is 3.25. The van der Waals surface area contributed by atoms with Crippen LogP contribution in [0.1, 0.15) is 13.8 Å². The van der Waals surface area contributed by atoms with Crippen molar-refractivity contribution in [1.82, 2.24) is 10.6 Å². The first-order valence-electron chi connectivity index (χ1n) is 3.74. The lowest BCUT2D eigenvalue weighted by Gasteiger charge is -2.08. The van der Waals surface area contributed by atoms with Crippen molar-refractivity contribution >= 4 is 12.0 Å². The minimum absolute atomic E-state index is 0.217. The van der Waals surface area contributed by atoms with Crippen LogP contribution in [0.15, 0.2) is 0 Å². The molecule has 0 saturated carbocycles. The van der Waals surface area contributed by atoms with Crippen molar-refractivity contribution in [2.24, 2.45) is 0 Å². The number of amides is 2. The topological polar surface area (TPSA) is 78.4 Å². The summed E-state index contributed by atoms with van der Waals surface area (Å²) in [6.07, 6.45) is 0. The number of nitrogens with one attached hydrogen (secondary N) is 2. The van der Waals surface area contributed by atoms with Crippen LogP contribution in [-0.2, 0) is 4.79 Å². The van der Waals surface area contributed by atoms with E-state index in [0.717, 1.165) is 0 Å². The molecule has 13 heavy (non-hydrogen) atoms. The van der Waals surface area contributed by atoms with Crippen LogP contribution < -0.4 is 10.6 Å². The monoisotopic (exact) mass is 184 g/mol. The Labute approximate surface area is 76.5 Å². The van der Waals surface area contributed by atoms with Crippen molar-refractivity contribution in [3.8, 4) is 11.8 Å². The molecule has 3 N–H and O–H groups in total. The Morgan fingerprint density at radius 1 is 1.54 bits per heavy atom. The molecule has 0 aliphatic heterocycles. The van der Waals surface area contributed by atoms with E-state index < -0.39 is 18.0 Å². The number of hydrogen-bond acceptors (Lipinski definition) is 2. The molecule has 0 spiro atoms. The lowest BCUT2D eigenvalue weighted by atomic mass is 10.3. The minimum atomic E-state index is -1.07. The smallest absolute Gasteiger partial charge is 0.325 e. The highest BCUT2D eigenvalue weighted by atomic mass is 16.4. The molecule has 5 nitrogen and oxygen atoms in total. The summed E-state index contributed by atoms with van der Waals surface area (Å²) in [5.41, 5.74) is 0. The Kier molecular flexibility index (Phi) is 5.12. The van der Waals surface area contributed by atoms with Crippen molar-refractivity contribution in [1.29, 1.82) is 0 Å². The molecular formula is C8H12N2O3. The summed E-state index contributed by atoms with van der Waals surface area (Å²) in [6, 6.07) is -1.42. The Morgan fingerprint density at radius 3 is 2.62 bits per heavy atom. The zero-order chi connectivity index (χ0) is 10.3. The molecule has 0 fully saturated rings. The second-order valence-corrected chi connectivity index (χ2v) is 2.31. The molecular weight excluding hydrogens is 172 g/mol. The molecule has 0 aromatic heterocycles. The summed E-state index contributed by atoms with van der Waals surface area (Å²) in [7, 11) is 0. The molecule has 0 saturated heterocycles. The number of hydrogen-bond donors (Lipinski definition) is 3. The zero-order valence-electron chi connectivity index (χ0n) is 7.55. The maximum Gasteiger partial charge on any atom is 0.325 e. The zero-order valence-corrected chi connectivity index (χ0v) is 7.55. The second kappa shape index (κ2) is 5.89. The maximum atomic E-state index is 10.9. The molecule has 0 bridgehead atoms. The van der Waals surface area contributed by atoms with Gasteiger partial charge in [0, 0.05) is 0 Å². The maximum absolute atomic E-state index is 10.9. The molecule has 1 atom stereocenters. The molecule has 0 aromatic rings. The Balaban J connectivity index is 3.72. The highest BCUT2D eigenvalue weighted by Gasteiger charge is 2.12. The normalized spacial score (nSPS) is 10.6. The van der Waals surface area contributed by atoms with Gasteiger partial charge in [0.05, 0.1) is 6.54 Å². The van der Waals surface area contributed by atoms with Gasteiger partial charge in [-0.05, 0) is 13.8 Å². The fourth-order valence-electron chi connectivity index (χ4n) is 0.522.